The molecule has 0 aromatic heterocycles. The fraction of sp³-hybridized carbons (Fsp3) is 0.286. The molecular formula is C21H27N7O3S. The maximum atomic E-state index is 13.1. The summed E-state index contributed by atoms with van der Waals surface area (Å²) in [7, 11) is 3.08. The third-order valence-electron chi connectivity index (χ3n) is 4.87. The number of hydrazine groups is 1. The summed E-state index contributed by atoms with van der Waals surface area (Å²) in [6, 6.07) is 12.3. The molecule has 170 valence electrons. The highest BCUT2D eigenvalue weighted by molar-refractivity contribution is 8.13. The van der Waals surface area contributed by atoms with E-state index in [0.29, 0.717) is 33.5 Å². The Hall–Kier alpha value is -3.28. The van der Waals surface area contributed by atoms with Crippen LogP contribution in [0.2, 0.25) is 0 Å². The van der Waals surface area contributed by atoms with E-state index in [-0.39, 0.29) is 17.2 Å². The summed E-state index contributed by atoms with van der Waals surface area (Å²) < 4.78 is 0. The van der Waals surface area contributed by atoms with Crippen molar-refractivity contribution < 1.29 is 14.4 Å². The summed E-state index contributed by atoms with van der Waals surface area (Å²) >= 11 is 1.16. The molecule has 3 rings (SSSR count). The smallest absolute Gasteiger partial charge is 0.256 e. The molecule has 1 heterocycles. The maximum Gasteiger partial charge on any atom is 0.256 e. The molecule has 32 heavy (non-hydrogen) atoms. The van der Waals surface area contributed by atoms with Crippen molar-refractivity contribution >= 4 is 45.8 Å². The lowest BCUT2D eigenvalue weighted by Gasteiger charge is -2.44. The van der Waals surface area contributed by atoms with E-state index in [9.17, 15) is 9.59 Å². The number of amides is 2. The summed E-state index contributed by atoms with van der Waals surface area (Å²) in [5.74, 6) is 10.9. The lowest BCUT2D eigenvalue weighted by Crippen LogP contribution is -2.58. The van der Waals surface area contributed by atoms with Crippen LogP contribution in [-0.4, -0.2) is 42.7 Å². The van der Waals surface area contributed by atoms with Crippen LogP contribution in [-0.2, 0) is 9.63 Å². The van der Waals surface area contributed by atoms with Crippen LogP contribution in [0.3, 0.4) is 0 Å². The summed E-state index contributed by atoms with van der Waals surface area (Å²) in [5, 5.41) is 8.14. The van der Waals surface area contributed by atoms with E-state index < -0.39 is 0 Å². The zero-order valence-electron chi connectivity index (χ0n) is 18.4. The third kappa shape index (κ3) is 4.96. The number of nitrogens with two attached hydrogens (primary N) is 2. The first-order valence-corrected chi connectivity index (χ1v) is 10.6. The van der Waals surface area contributed by atoms with E-state index in [1.807, 2.05) is 26.0 Å². The van der Waals surface area contributed by atoms with Gasteiger partial charge in [0.25, 0.3) is 5.91 Å². The molecule has 1 aliphatic rings. The average molecular weight is 458 g/mol. The monoisotopic (exact) mass is 457 g/mol. The van der Waals surface area contributed by atoms with Gasteiger partial charge >= 0.3 is 0 Å². The quantitative estimate of drug-likeness (QED) is 0.130. The number of nitrogens with zero attached hydrogens (tertiary/aromatic N) is 3. The Morgan fingerprint density at radius 1 is 1.22 bits per heavy atom. The Bertz CT molecular complexity index is 1040. The van der Waals surface area contributed by atoms with Gasteiger partial charge < -0.3 is 16.1 Å². The van der Waals surface area contributed by atoms with Crippen molar-refractivity contribution in [3.05, 3.63) is 48.0 Å². The fourth-order valence-corrected chi connectivity index (χ4v) is 4.00. The molecule has 1 saturated heterocycles. The predicted molar refractivity (Wildman–Crippen MR) is 127 cm³/mol. The molecular weight excluding hydrogens is 430 g/mol. The van der Waals surface area contributed by atoms with Crippen LogP contribution in [0.25, 0.3) is 0 Å². The van der Waals surface area contributed by atoms with Crippen molar-refractivity contribution in [2.24, 2.45) is 22.2 Å². The van der Waals surface area contributed by atoms with E-state index in [4.69, 9.17) is 16.5 Å². The van der Waals surface area contributed by atoms with Gasteiger partial charge in [-0.1, -0.05) is 0 Å². The number of carbonyl (C=O) groups is 2. The summed E-state index contributed by atoms with van der Waals surface area (Å²) in [4.78, 5) is 32.6. The highest BCUT2D eigenvalue weighted by atomic mass is 32.2. The highest BCUT2D eigenvalue weighted by Crippen LogP contribution is 2.35. The first kappa shape index (κ1) is 23.4. The number of hydrogen-bond acceptors (Lipinski definition) is 8. The molecule has 0 bridgehead atoms. The van der Waals surface area contributed by atoms with Crippen molar-refractivity contribution in [2.75, 3.05) is 36.4 Å². The molecule has 2 amide bonds. The topological polar surface area (TPSA) is 138 Å². The number of rotatable bonds is 6. The standard InChI is InChI=1S/C21H27N7O3S/c1-21(2)12-28(19(21)30)15-8-5-13(6-9-15)24-18(29)16-11-14(26-31-4)7-10-17(16)32-20(25-22)27(3)23/h5-11,26H,12,22-23H2,1-4H3,(H,24,29)/b25-20+. The first-order chi connectivity index (χ1) is 15.2. The molecule has 2 aromatic rings. The van der Waals surface area contributed by atoms with E-state index in [2.05, 4.69) is 15.9 Å². The van der Waals surface area contributed by atoms with Gasteiger partial charge in [0.05, 0.1) is 23.8 Å². The molecule has 0 aliphatic carbocycles. The van der Waals surface area contributed by atoms with Crippen LogP contribution in [0.15, 0.2) is 52.5 Å². The molecule has 1 fully saturated rings. The molecule has 6 N–H and O–H groups in total. The van der Waals surface area contributed by atoms with E-state index in [0.717, 1.165) is 17.4 Å². The number of hydrogen-bond donors (Lipinski definition) is 4. The van der Waals surface area contributed by atoms with Crippen LogP contribution in [0.4, 0.5) is 17.1 Å². The van der Waals surface area contributed by atoms with Crippen molar-refractivity contribution in [2.45, 2.75) is 18.7 Å². The van der Waals surface area contributed by atoms with Gasteiger partial charge in [-0.15, -0.1) is 0 Å². The number of thioether (sulfide) groups is 1. The number of hydrazone groups is 1. The van der Waals surface area contributed by atoms with Crippen molar-refractivity contribution in [1.29, 1.82) is 0 Å². The third-order valence-corrected chi connectivity index (χ3v) is 6.02. The molecule has 0 unspecified atom stereocenters. The molecule has 10 nitrogen and oxygen atoms in total. The van der Waals surface area contributed by atoms with E-state index in [1.54, 1.807) is 42.3 Å². The fourth-order valence-electron chi connectivity index (χ4n) is 3.21. The maximum absolute atomic E-state index is 13.1. The molecule has 2 aromatic carbocycles. The second-order valence-corrected chi connectivity index (χ2v) is 8.93. The predicted octanol–water partition coefficient (Wildman–Crippen LogP) is 2.41. The summed E-state index contributed by atoms with van der Waals surface area (Å²) in [6.07, 6.45) is 0. The van der Waals surface area contributed by atoms with Gasteiger partial charge in [-0.3, -0.25) is 24.9 Å². The minimum absolute atomic E-state index is 0.0839. The van der Waals surface area contributed by atoms with Crippen LogP contribution in [0.1, 0.15) is 24.2 Å². The SMILES string of the molecule is CONc1ccc(S/C(=N/N)N(C)N)c(C(=O)Nc2ccc(N3CC(C)(C)C3=O)cc2)c1. The van der Waals surface area contributed by atoms with Crippen LogP contribution >= 0.6 is 11.8 Å². The Kier molecular flexibility index (Phi) is 6.92. The molecule has 11 heteroatoms. The minimum Gasteiger partial charge on any atom is -0.322 e. The van der Waals surface area contributed by atoms with Crippen molar-refractivity contribution in [1.82, 2.24) is 5.01 Å². The summed E-state index contributed by atoms with van der Waals surface area (Å²) in [5.41, 5.74) is 4.75. The van der Waals surface area contributed by atoms with Gasteiger partial charge in [0.2, 0.25) is 11.1 Å². The van der Waals surface area contributed by atoms with Gasteiger partial charge in [0.15, 0.2) is 0 Å². The van der Waals surface area contributed by atoms with Gasteiger partial charge in [-0.05, 0) is 68.1 Å². The number of carbonyl (C=O) groups excluding carboxylic acids is 2. The van der Waals surface area contributed by atoms with Crippen molar-refractivity contribution in [3.63, 3.8) is 0 Å². The zero-order valence-corrected chi connectivity index (χ0v) is 19.2. The number of anilines is 3. The Morgan fingerprint density at radius 3 is 2.41 bits per heavy atom. The number of β-lactam (4-membered cyclic amide) rings is 1. The first-order valence-electron chi connectivity index (χ1n) is 9.77. The van der Waals surface area contributed by atoms with Gasteiger partial charge in [0.1, 0.15) is 0 Å². The Balaban J connectivity index is 1.80. The minimum atomic E-state index is -0.336. The zero-order chi connectivity index (χ0) is 23.5. The number of amidine groups is 1. The Labute approximate surface area is 190 Å². The van der Waals surface area contributed by atoms with Crippen molar-refractivity contribution in [3.8, 4) is 0 Å². The van der Waals surface area contributed by atoms with Crippen LogP contribution < -0.4 is 27.4 Å². The van der Waals surface area contributed by atoms with E-state index >= 15 is 0 Å². The molecule has 0 radical (unpaired) electrons. The normalized spacial score (nSPS) is 15.2. The van der Waals surface area contributed by atoms with Gasteiger partial charge in [-0.2, -0.15) is 5.10 Å². The van der Waals surface area contributed by atoms with Crippen LogP contribution in [0, 0.1) is 5.41 Å². The average Bonchev–Trinajstić information content (AvgIpc) is 2.77. The number of benzene rings is 2. The summed E-state index contributed by atoms with van der Waals surface area (Å²) in [6.45, 7) is 4.51. The lowest BCUT2D eigenvalue weighted by atomic mass is 9.83. The van der Waals surface area contributed by atoms with Gasteiger partial charge in [-0.25, -0.2) is 5.84 Å². The largest absolute Gasteiger partial charge is 0.322 e. The molecule has 0 spiro atoms. The molecule has 0 saturated carbocycles. The Morgan fingerprint density at radius 2 is 1.88 bits per heavy atom. The second-order valence-electron chi connectivity index (χ2n) is 7.92. The number of nitrogens with one attached hydrogen (secondary N) is 2. The molecule has 1 aliphatic heterocycles. The lowest BCUT2D eigenvalue weighted by molar-refractivity contribution is -0.132. The van der Waals surface area contributed by atoms with Crippen LogP contribution in [0.5, 0.6) is 0 Å². The van der Waals surface area contributed by atoms with Gasteiger partial charge in [0, 0.05) is 29.9 Å². The highest BCUT2D eigenvalue weighted by Gasteiger charge is 2.44. The van der Waals surface area contributed by atoms with E-state index in [1.165, 1.54) is 12.1 Å². The molecule has 0 atom stereocenters. The second kappa shape index (κ2) is 9.47.